The highest BCUT2D eigenvalue weighted by Gasteiger charge is 2.56. The largest absolute Gasteiger partial charge is 0.501 e. The van der Waals surface area contributed by atoms with Gasteiger partial charge in [0.1, 0.15) is 5.78 Å². The lowest BCUT2D eigenvalue weighted by atomic mass is 9.53. The highest BCUT2D eigenvalue weighted by molar-refractivity contribution is 5.87. The molecule has 2 nitrogen and oxygen atoms in total. The Labute approximate surface area is 134 Å². The lowest BCUT2D eigenvalue weighted by molar-refractivity contribution is -0.131. The lowest BCUT2D eigenvalue weighted by Gasteiger charge is -2.50. The van der Waals surface area contributed by atoms with E-state index >= 15 is 0 Å². The normalized spacial score (nSPS) is 40.7. The van der Waals surface area contributed by atoms with Crippen molar-refractivity contribution in [1.82, 2.24) is 0 Å². The predicted octanol–water partition coefficient (Wildman–Crippen LogP) is 4.80. The van der Waals surface area contributed by atoms with Crippen LogP contribution in [0.3, 0.4) is 0 Å². The summed E-state index contributed by atoms with van der Waals surface area (Å²) >= 11 is 0. The standard InChI is InChI=1S/C20H28O2/c1-3-20-11-10-16-15-7-5-14(22-2)12-13(15)4-6-17(16)18(20)8-9-19(20)21/h5,16-18H,3-4,6-12H2,1-2H3/t16?,17?,18?,20-/m0/s1. The summed E-state index contributed by atoms with van der Waals surface area (Å²) in [6.07, 6.45) is 12.4. The van der Waals surface area contributed by atoms with Gasteiger partial charge in [0.15, 0.2) is 0 Å². The van der Waals surface area contributed by atoms with Crippen molar-refractivity contribution >= 4 is 5.78 Å². The van der Waals surface area contributed by atoms with E-state index in [9.17, 15) is 4.79 Å². The lowest BCUT2D eigenvalue weighted by Crippen LogP contribution is -2.45. The molecule has 2 heteroatoms. The van der Waals surface area contributed by atoms with Gasteiger partial charge in [-0.3, -0.25) is 4.79 Å². The number of carbonyl (C=O) groups is 1. The van der Waals surface area contributed by atoms with E-state index in [4.69, 9.17) is 4.74 Å². The average molecular weight is 300 g/mol. The van der Waals surface area contributed by atoms with Crippen LogP contribution < -0.4 is 0 Å². The number of ether oxygens (including phenoxy) is 1. The van der Waals surface area contributed by atoms with E-state index in [0.29, 0.717) is 11.7 Å². The average Bonchev–Trinajstić information content (AvgIpc) is 2.91. The van der Waals surface area contributed by atoms with E-state index in [0.717, 1.165) is 56.1 Å². The molecule has 0 saturated heterocycles. The molecule has 0 spiro atoms. The highest BCUT2D eigenvalue weighted by Crippen LogP contribution is 2.61. The third kappa shape index (κ3) is 1.88. The Morgan fingerprint density at radius 2 is 2.14 bits per heavy atom. The molecule has 4 aliphatic carbocycles. The van der Waals surface area contributed by atoms with Gasteiger partial charge in [-0.25, -0.2) is 0 Å². The molecule has 0 N–H and O–H groups in total. The van der Waals surface area contributed by atoms with E-state index in [2.05, 4.69) is 13.0 Å². The van der Waals surface area contributed by atoms with Gasteiger partial charge in [0.2, 0.25) is 0 Å². The van der Waals surface area contributed by atoms with Crippen LogP contribution >= 0.6 is 0 Å². The second kappa shape index (κ2) is 5.25. The molecule has 2 fully saturated rings. The minimum atomic E-state index is 0.0570. The SMILES string of the molecule is CC[C@]12CCC3C4=C(CCC3C1CCC2=O)CC(OC)=CC4. The maximum Gasteiger partial charge on any atom is 0.139 e. The summed E-state index contributed by atoms with van der Waals surface area (Å²) in [7, 11) is 1.80. The Hall–Kier alpha value is -1.05. The molecule has 3 unspecified atom stereocenters. The molecule has 4 rings (SSSR count). The number of rotatable bonds is 2. The van der Waals surface area contributed by atoms with Crippen LogP contribution in [0, 0.1) is 23.2 Å². The number of allylic oxidation sites excluding steroid dienone is 3. The summed E-state index contributed by atoms with van der Waals surface area (Å²) in [4.78, 5) is 12.6. The van der Waals surface area contributed by atoms with Crippen LogP contribution in [-0.4, -0.2) is 12.9 Å². The van der Waals surface area contributed by atoms with Gasteiger partial charge in [0.25, 0.3) is 0 Å². The Balaban J connectivity index is 1.63. The van der Waals surface area contributed by atoms with Crippen LogP contribution in [0.5, 0.6) is 0 Å². The van der Waals surface area contributed by atoms with Gasteiger partial charge in [0.05, 0.1) is 12.9 Å². The maximum atomic E-state index is 12.6. The maximum absolute atomic E-state index is 12.6. The summed E-state index contributed by atoms with van der Waals surface area (Å²) in [5, 5.41) is 0. The molecule has 2 saturated carbocycles. The zero-order valence-corrected chi connectivity index (χ0v) is 14.0. The molecule has 4 atom stereocenters. The molecule has 0 aromatic carbocycles. The molecule has 22 heavy (non-hydrogen) atoms. The molecule has 0 aromatic heterocycles. The van der Waals surface area contributed by atoms with Crippen LogP contribution in [0.4, 0.5) is 0 Å². The van der Waals surface area contributed by atoms with Gasteiger partial charge in [-0.2, -0.15) is 0 Å². The number of ketones is 1. The van der Waals surface area contributed by atoms with Crippen molar-refractivity contribution in [2.75, 3.05) is 7.11 Å². The summed E-state index contributed by atoms with van der Waals surface area (Å²) in [6.45, 7) is 2.25. The van der Waals surface area contributed by atoms with Crippen LogP contribution in [0.2, 0.25) is 0 Å². The highest BCUT2D eigenvalue weighted by atomic mass is 16.5. The van der Waals surface area contributed by atoms with Gasteiger partial charge in [-0.15, -0.1) is 0 Å². The van der Waals surface area contributed by atoms with Crippen molar-refractivity contribution in [3.8, 4) is 0 Å². The van der Waals surface area contributed by atoms with E-state index in [1.54, 1.807) is 18.3 Å². The minimum absolute atomic E-state index is 0.0570. The molecule has 0 radical (unpaired) electrons. The fraction of sp³-hybridized carbons (Fsp3) is 0.750. The van der Waals surface area contributed by atoms with E-state index < -0.39 is 0 Å². The van der Waals surface area contributed by atoms with E-state index in [-0.39, 0.29) is 5.41 Å². The number of fused-ring (bicyclic) bond motifs is 4. The van der Waals surface area contributed by atoms with Crippen LogP contribution in [0.25, 0.3) is 0 Å². The molecule has 120 valence electrons. The quantitative estimate of drug-likeness (QED) is 0.685. The molecule has 0 aliphatic heterocycles. The Morgan fingerprint density at radius 1 is 1.27 bits per heavy atom. The number of Topliss-reactive ketones (excluding diaryl/α,β-unsaturated/α-hetero) is 1. The van der Waals surface area contributed by atoms with Gasteiger partial charge in [-0.1, -0.05) is 18.1 Å². The molecule has 0 bridgehead atoms. The van der Waals surface area contributed by atoms with Crippen molar-refractivity contribution in [3.05, 3.63) is 23.0 Å². The molecular formula is C20H28O2. The number of methoxy groups -OCH3 is 1. The van der Waals surface area contributed by atoms with Gasteiger partial charge in [0, 0.05) is 18.3 Å². The zero-order chi connectivity index (χ0) is 15.3. The fourth-order valence-electron chi connectivity index (χ4n) is 6.27. The third-order valence-electron chi connectivity index (χ3n) is 7.39. The van der Waals surface area contributed by atoms with Crippen LogP contribution in [-0.2, 0) is 9.53 Å². The zero-order valence-electron chi connectivity index (χ0n) is 14.0. The second-order valence-corrected chi connectivity index (χ2v) is 7.81. The topological polar surface area (TPSA) is 26.3 Å². The van der Waals surface area contributed by atoms with Crippen molar-refractivity contribution in [1.29, 1.82) is 0 Å². The summed E-state index contributed by atoms with van der Waals surface area (Å²) in [6, 6.07) is 0. The number of hydrogen-bond donors (Lipinski definition) is 0. The summed E-state index contributed by atoms with van der Waals surface area (Å²) in [5.74, 6) is 3.95. The van der Waals surface area contributed by atoms with Gasteiger partial charge < -0.3 is 4.74 Å². The first kappa shape index (κ1) is 14.5. The molecule has 4 aliphatic rings. The van der Waals surface area contributed by atoms with Crippen molar-refractivity contribution < 1.29 is 9.53 Å². The predicted molar refractivity (Wildman–Crippen MR) is 87.3 cm³/mol. The first-order chi connectivity index (χ1) is 10.7. The number of carbonyl (C=O) groups excluding carboxylic acids is 1. The van der Waals surface area contributed by atoms with Crippen LogP contribution in [0.1, 0.15) is 64.7 Å². The van der Waals surface area contributed by atoms with E-state index in [1.165, 1.54) is 19.3 Å². The first-order valence-corrected chi connectivity index (χ1v) is 9.16. The third-order valence-corrected chi connectivity index (χ3v) is 7.39. The summed E-state index contributed by atoms with van der Waals surface area (Å²) < 4.78 is 5.48. The minimum Gasteiger partial charge on any atom is -0.501 e. The molecular weight excluding hydrogens is 272 g/mol. The van der Waals surface area contributed by atoms with Crippen molar-refractivity contribution in [2.45, 2.75) is 64.7 Å². The van der Waals surface area contributed by atoms with Crippen LogP contribution in [0.15, 0.2) is 23.0 Å². The first-order valence-electron chi connectivity index (χ1n) is 9.16. The Kier molecular flexibility index (Phi) is 3.47. The van der Waals surface area contributed by atoms with E-state index in [1.807, 2.05) is 0 Å². The van der Waals surface area contributed by atoms with Gasteiger partial charge >= 0.3 is 0 Å². The monoisotopic (exact) mass is 300 g/mol. The smallest absolute Gasteiger partial charge is 0.139 e. The number of hydrogen-bond acceptors (Lipinski definition) is 2. The van der Waals surface area contributed by atoms with Gasteiger partial charge in [-0.05, 0) is 68.8 Å². The summed E-state index contributed by atoms with van der Waals surface area (Å²) in [5.41, 5.74) is 3.44. The second-order valence-electron chi connectivity index (χ2n) is 7.81. The molecule has 0 aromatic rings. The Bertz CT molecular complexity index is 556. The van der Waals surface area contributed by atoms with Crippen molar-refractivity contribution in [2.24, 2.45) is 23.2 Å². The molecule has 0 amide bonds. The Morgan fingerprint density at radius 3 is 2.91 bits per heavy atom. The molecule has 0 heterocycles. The van der Waals surface area contributed by atoms with Crippen molar-refractivity contribution in [3.63, 3.8) is 0 Å². The fourth-order valence-corrected chi connectivity index (χ4v) is 6.27.